The van der Waals surface area contributed by atoms with E-state index in [0.29, 0.717) is 96.3 Å². The van der Waals surface area contributed by atoms with Crippen LogP contribution in [0.15, 0.2) is 46.6 Å². The van der Waals surface area contributed by atoms with E-state index in [9.17, 15) is 43.8 Å². The summed E-state index contributed by atoms with van der Waals surface area (Å²) >= 11 is 0. The number of nitrogens with one attached hydrogen (secondary N) is 1. The van der Waals surface area contributed by atoms with E-state index >= 15 is 0 Å². The summed E-state index contributed by atoms with van der Waals surface area (Å²) in [7, 11) is 2.72. The van der Waals surface area contributed by atoms with Gasteiger partial charge in [-0.15, -0.1) is 0 Å². The summed E-state index contributed by atoms with van der Waals surface area (Å²) in [6.07, 6.45) is 21.8. The SMILES string of the molecule is C=C(C)[C@@H]1CC[C@]2(C#CC3=C(C(=O)O)CN(C(=O)OC(C)(C)C)CC3)CC[C@]3(C)C(CCC4[C@@]5(C)CC[C@H](OC(=O)CC(C)(C)C(=O)OC)C(C)(C)C5CC[C@]43C)C12.C=C(C)[C@@H]1CC[C@]2(C#CC3=C(C(=O)O)CNCC3)CC[C@]3(C)C(CCC4[C@@]5(C)CC[C@H](OC(=O)CC(C)(C)C(=O)OC)C(C)(C)C5CC[C@]43C)C12. The quantitative estimate of drug-likeness (QED) is 0.0716. The van der Waals surface area contributed by atoms with E-state index in [2.05, 4.69) is 125 Å². The van der Waals surface area contributed by atoms with Crippen LogP contribution < -0.4 is 5.32 Å². The summed E-state index contributed by atoms with van der Waals surface area (Å²) in [6, 6.07) is 0. The van der Waals surface area contributed by atoms with Gasteiger partial charge in [0.1, 0.15) is 17.8 Å². The van der Waals surface area contributed by atoms with Gasteiger partial charge in [-0.3, -0.25) is 19.2 Å². The fourth-order valence-electron chi connectivity index (χ4n) is 27.9. The highest BCUT2D eigenvalue weighted by Crippen LogP contribution is 2.80. The average molecular weight is 1510 g/mol. The van der Waals surface area contributed by atoms with Crippen molar-refractivity contribution in [2.45, 2.75) is 303 Å². The Kier molecular flexibility index (Phi) is 22.8. The van der Waals surface area contributed by atoms with Gasteiger partial charge in [0.05, 0.1) is 55.6 Å². The third-order valence-electron chi connectivity index (χ3n) is 33.9. The fraction of sp³-hybridized carbons (Fsp3) is 0.796. The number of methoxy groups -OCH3 is 2. The number of amides is 1. The Labute approximate surface area is 654 Å². The van der Waals surface area contributed by atoms with Crippen molar-refractivity contribution in [1.29, 1.82) is 0 Å². The van der Waals surface area contributed by atoms with Crippen LogP contribution in [0.2, 0.25) is 0 Å². The van der Waals surface area contributed by atoms with E-state index in [1.807, 2.05) is 20.8 Å². The molecule has 1 amide bonds. The predicted octanol–water partition coefficient (Wildman–Crippen LogP) is 18.7. The van der Waals surface area contributed by atoms with Crippen LogP contribution in [0.25, 0.3) is 0 Å². The number of fused-ring (bicyclic) bond motifs is 14. The van der Waals surface area contributed by atoms with Gasteiger partial charge in [0.15, 0.2) is 0 Å². The van der Waals surface area contributed by atoms with Crippen molar-refractivity contribution in [2.24, 2.45) is 124 Å². The van der Waals surface area contributed by atoms with Gasteiger partial charge in [-0.25, -0.2) is 14.4 Å². The predicted molar refractivity (Wildman–Crippen MR) is 423 cm³/mol. The van der Waals surface area contributed by atoms with Gasteiger partial charge in [-0.2, -0.15) is 0 Å². The van der Waals surface area contributed by atoms with Crippen molar-refractivity contribution in [3.63, 3.8) is 0 Å². The van der Waals surface area contributed by atoms with Gasteiger partial charge in [0.25, 0.3) is 0 Å². The number of rotatable bonds is 12. The molecule has 0 bridgehead atoms. The van der Waals surface area contributed by atoms with Crippen LogP contribution in [0.1, 0.15) is 286 Å². The monoisotopic (exact) mass is 1510 g/mol. The second-order valence-electron chi connectivity index (χ2n) is 42.1. The van der Waals surface area contributed by atoms with Crippen molar-refractivity contribution in [3.05, 3.63) is 46.6 Å². The van der Waals surface area contributed by atoms with Crippen molar-refractivity contribution in [3.8, 4) is 23.7 Å². The molecule has 109 heavy (non-hydrogen) atoms. The van der Waals surface area contributed by atoms with Crippen LogP contribution in [0, 0.1) is 148 Å². The summed E-state index contributed by atoms with van der Waals surface area (Å²) in [5.41, 5.74) is 2.24. The summed E-state index contributed by atoms with van der Waals surface area (Å²) in [5, 5.41) is 23.4. The molecular formula is C93H138N2O14. The first-order valence-corrected chi connectivity index (χ1v) is 42.1. The topological polar surface area (TPSA) is 221 Å². The van der Waals surface area contributed by atoms with Crippen molar-refractivity contribution in [2.75, 3.05) is 40.4 Å². The molecule has 3 N–H and O–H groups in total. The second-order valence-corrected chi connectivity index (χ2v) is 42.1. The molecule has 16 nitrogen and oxygen atoms in total. The Bertz CT molecular complexity index is 3860. The highest BCUT2D eigenvalue weighted by atomic mass is 16.6. The normalized spacial score (nSPS) is 39.7. The standard InChI is InChI=1S/C49H73NO8.C44H65NO6/c1-30(2)32-17-24-49(23-16-31-20-27-50(29-33(31)40(52)53)42(55)58-43(3,4)5)26-25-47(11)34(39(32)49)14-15-36-46(10)21-19-37(45(8,9)35(46)18-22-48(36,47)12)57-38(51)28-44(6,7)41(54)56-13;1-27(2)29-14-21-44(20-13-28-17-24-45-26-30(28)37(47)48)23-22-42(8)31(36(29)44)11-12-33-41(7)18-16-34(40(5,6)32(41)15-19-43(33,42)9)51-35(46)25-39(3,4)38(49)50-10/h32,34-37,39H,1,14-15,17-22,24-29H2,2-13H3,(H,52,53);29,31-34,36,45H,1,11-12,14-19,21-26H2,2-10H3,(H,47,48)/t32-,34?,35?,36?,37-,39?,46-,47+,48+,49+;29-,31?,32?,33?,34-,36?,41-,42+,43+,44+/m00/s1. The molecule has 12 aliphatic rings. The zero-order chi connectivity index (χ0) is 80.4. The molecular weight excluding hydrogens is 1370 g/mol. The lowest BCUT2D eigenvalue weighted by Crippen LogP contribution is -2.66. The third kappa shape index (κ3) is 14.3. The lowest BCUT2D eigenvalue weighted by molar-refractivity contribution is -0.247. The highest BCUT2D eigenvalue weighted by molar-refractivity contribution is 5.91. The molecule has 0 radical (unpaired) electrons. The van der Waals surface area contributed by atoms with E-state index in [-0.39, 0.29) is 103 Å². The van der Waals surface area contributed by atoms with Crippen LogP contribution in [-0.2, 0) is 52.5 Å². The Hall–Kier alpha value is -5.87. The van der Waals surface area contributed by atoms with E-state index in [1.165, 1.54) is 49.5 Å². The maximum atomic E-state index is 13.3. The average Bonchev–Trinajstić information content (AvgIpc) is 1.42. The number of carbonyl (C=O) groups excluding carboxylic acids is 5. The molecule has 0 saturated heterocycles. The molecule has 0 aromatic carbocycles. The maximum absolute atomic E-state index is 13.3. The molecule has 12 rings (SSSR count). The number of allylic oxidation sites excluding steroid dienone is 2. The Balaban J connectivity index is 0.000000218. The van der Waals surface area contributed by atoms with Gasteiger partial charge in [-0.05, 0) is 295 Å². The van der Waals surface area contributed by atoms with Gasteiger partial charge in [-0.1, -0.05) is 117 Å². The number of carboxylic acids is 2. The molecule has 2 aliphatic heterocycles. The molecule has 10 aliphatic carbocycles. The Morgan fingerprint density at radius 3 is 1.30 bits per heavy atom. The largest absolute Gasteiger partial charge is 0.478 e. The number of carboxylic acid groups (broad SMARTS) is 2. The Morgan fingerprint density at radius 1 is 0.505 bits per heavy atom. The van der Waals surface area contributed by atoms with Crippen LogP contribution in [0.4, 0.5) is 4.79 Å². The zero-order valence-corrected chi connectivity index (χ0v) is 70.9. The van der Waals surface area contributed by atoms with E-state index in [4.69, 9.17) is 23.7 Å². The number of hydrogen-bond donors (Lipinski definition) is 3. The molecule has 604 valence electrons. The maximum Gasteiger partial charge on any atom is 0.410 e. The van der Waals surface area contributed by atoms with Crippen molar-refractivity contribution >= 4 is 41.9 Å². The van der Waals surface area contributed by atoms with Gasteiger partial charge >= 0.3 is 41.9 Å². The minimum atomic E-state index is -1.03. The van der Waals surface area contributed by atoms with Crippen LogP contribution in [0.3, 0.4) is 0 Å². The first-order chi connectivity index (χ1) is 50.5. The molecule has 10 saturated carbocycles. The number of hydrogen-bond acceptors (Lipinski definition) is 13. The van der Waals surface area contributed by atoms with Gasteiger partial charge in [0.2, 0.25) is 0 Å². The minimum absolute atomic E-state index is 0.00212. The van der Waals surface area contributed by atoms with E-state index in [0.717, 1.165) is 121 Å². The first-order valence-electron chi connectivity index (χ1n) is 42.1. The fourth-order valence-corrected chi connectivity index (χ4v) is 27.9. The molecule has 20 atom stereocenters. The molecule has 10 fully saturated rings. The summed E-state index contributed by atoms with van der Waals surface area (Å²) < 4.78 is 28.0. The summed E-state index contributed by atoms with van der Waals surface area (Å²) in [5.74, 6) is 16.1. The van der Waals surface area contributed by atoms with Crippen molar-refractivity contribution in [1.82, 2.24) is 10.2 Å². The summed E-state index contributed by atoms with van der Waals surface area (Å²) in [4.78, 5) is 90.3. The second kappa shape index (κ2) is 29.5. The third-order valence-corrected chi connectivity index (χ3v) is 33.9. The Morgan fingerprint density at radius 2 is 0.917 bits per heavy atom. The summed E-state index contributed by atoms with van der Waals surface area (Å²) in [6.45, 7) is 52.4. The molecule has 2 heterocycles. The number of nitrogens with zero attached hydrogens (tertiary/aromatic N) is 1. The van der Waals surface area contributed by atoms with Gasteiger partial charge in [0, 0.05) is 52.4 Å². The minimum Gasteiger partial charge on any atom is -0.478 e. The van der Waals surface area contributed by atoms with Crippen LogP contribution >= 0.6 is 0 Å². The molecule has 0 aromatic rings. The molecule has 16 heteroatoms. The lowest BCUT2D eigenvalue weighted by Gasteiger charge is -2.72. The van der Waals surface area contributed by atoms with E-state index < -0.39 is 46.4 Å². The number of carbonyl (C=O) groups is 7. The van der Waals surface area contributed by atoms with Gasteiger partial charge < -0.3 is 44.1 Å². The molecule has 0 spiro atoms. The highest BCUT2D eigenvalue weighted by Gasteiger charge is 2.74. The lowest BCUT2D eigenvalue weighted by atomic mass is 9.32. The van der Waals surface area contributed by atoms with Crippen LogP contribution in [0.5, 0.6) is 0 Å². The number of ether oxygens (including phenoxy) is 5. The number of aliphatic carboxylic acids is 2. The first kappa shape index (κ1) is 84.0. The van der Waals surface area contributed by atoms with Crippen molar-refractivity contribution < 1.29 is 67.5 Å². The molecule has 0 aromatic heterocycles. The van der Waals surface area contributed by atoms with Crippen LogP contribution in [-0.4, -0.2) is 115 Å². The zero-order valence-electron chi connectivity index (χ0n) is 70.9. The smallest absolute Gasteiger partial charge is 0.410 e. The molecule has 8 unspecified atom stereocenters. The number of esters is 4. The van der Waals surface area contributed by atoms with E-state index in [1.54, 1.807) is 27.7 Å².